The first-order valence-corrected chi connectivity index (χ1v) is 11.1. The second kappa shape index (κ2) is 9.61. The molecule has 0 amide bonds. The largest absolute Gasteiger partial charge is 0.363 e. The van der Waals surface area contributed by atoms with Gasteiger partial charge in [-0.1, -0.05) is 36.4 Å². The number of hydrogen-bond donors (Lipinski definition) is 0. The SMILES string of the molecule is Cn1cncc1C(OCc1ccc(C#N)cc1)c1ccc(C#N)c(-c2ccnc3ccccc23)c1. The number of aromatic nitrogens is 3. The fourth-order valence-corrected chi connectivity index (χ4v) is 4.20. The highest BCUT2D eigenvalue weighted by molar-refractivity contribution is 5.95. The summed E-state index contributed by atoms with van der Waals surface area (Å²) in [5.41, 5.74) is 6.62. The van der Waals surface area contributed by atoms with E-state index < -0.39 is 6.10 Å². The quantitative estimate of drug-likeness (QED) is 0.328. The normalized spacial score (nSPS) is 11.6. The smallest absolute Gasteiger partial charge is 0.124 e. The average Bonchev–Trinajstić information content (AvgIpc) is 3.34. The van der Waals surface area contributed by atoms with Crippen LogP contribution in [0.25, 0.3) is 22.0 Å². The molecule has 0 spiro atoms. The highest BCUT2D eigenvalue weighted by Crippen LogP contribution is 2.35. The van der Waals surface area contributed by atoms with E-state index in [0.29, 0.717) is 17.7 Å². The Morgan fingerprint density at radius 3 is 2.51 bits per heavy atom. The summed E-state index contributed by atoms with van der Waals surface area (Å²) < 4.78 is 8.36. The molecule has 0 N–H and O–H groups in total. The first kappa shape index (κ1) is 22.0. The fourth-order valence-electron chi connectivity index (χ4n) is 4.20. The zero-order valence-electron chi connectivity index (χ0n) is 19.1. The zero-order chi connectivity index (χ0) is 24.2. The van der Waals surface area contributed by atoms with Crippen LogP contribution in [0.1, 0.15) is 34.1 Å². The summed E-state index contributed by atoms with van der Waals surface area (Å²) in [5, 5.41) is 19.9. The van der Waals surface area contributed by atoms with E-state index in [0.717, 1.165) is 38.9 Å². The van der Waals surface area contributed by atoms with E-state index in [-0.39, 0.29) is 0 Å². The molecule has 168 valence electrons. The summed E-state index contributed by atoms with van der Waals surface area (Å²) in [6.45, 7) is 0.356. The third kappa shape index (κ3) is 4.39. The van der Waals surface area contributed by atoms with E-state index in [1.54, 1.807) is 30.9 Å². The van der Waals surface area contributed by atoms with Crippen molar-refractivity contribution in [3.8, 4) is 23.3 Å². The van der Waals surface area contributed by atoms with E-state index in [4.69, 9.17) is 10.00 Å². The second-order valence-corrected chi connectivity index (χ2v) is 8.22. The van der Waals surface area contributed by atoms with E-state index in [1.807, 2.05) is 72.3 Å². The summed E-state index contributed by atoms with van der Waals surface area (Å²) in [6.07, 6.45) is 4.90. The van der Waals surface area contributed by atoms with Gasteiger partial charge in [-0.25, -0.2) is 4.98 Å². The number of hydrogen-bond acceptors (Lipinski definition) is 5. The lowest BCUT2D eigenvalue weighted by Gasteiger charge is -2.20. The summed E-state index contributed by atoms with van der Waals surface area (Å²) in [7, 11) is 1.93. The molecule has 0 saturated heterocycles. The molecule has 0 bridgehead atoms. The summed E-state index contributed by atoms with van der Waals surface area (Å²) in [6, 6.07) is 27.5. The van der Waals surface area contributed by atoms with E-state index in [9.17, 15) is 5.26 Å². The van der Waals surface area contributed by atoms with Crippen LogP contribution in [-0.4, -0.2) is 14.5 Å². The monoisotopic (exact) mass is 455 g/mol. The maximum Gasteiger partial charge on any atom is 0.124 e. The highest BCUT2D eigenvalue weighted by Gasteiger charge is 2.21. The number of nitrogens with zero attached hydrogens (tertiary/aromatic N) is 5. The average molecular weight is 456 g/mol. The van der Waals surface area contributed by atoms with Crippen molar-refractivity contribution >= 4 is 10.9 Å². The Bertz CT molecular complexity index is 1580. The van der Waals surface area contributed by atoms with Crippen molar-refractivity contribution in [2.75, 3.05) is 0 Å². The van der Waals surface area contributed by atoms with Gasteiger partial charge in [0, 0.05) is 24.2 Å². The molecule has 0 aliphatic heterocycles. The Morgan fingerprint density at radius 1 is 0.943 bits per heavy atom. The van der Waals surface area contributed by atoms with E-state index in [2.05, 4.69) is 22.1 Å². The number of rotatable bonds is 6. The number of pyridine rings is 1. The van der Waals surface area contributed by atoms with Gasteiger partial charge in [0.2, 0.25) is 0 Å². The number of benzene rings is 3. The van der Waals surface area contributed by atoms with Crippen LogP contribution < -0.4 is 0 Å². The first-order valence-electron chi connectivity index (χ1n) is 11.1. The maximum atomic E-state index is 9.87. The van der Waals surface area contributed by atoms with Crippen LogP contribution in [0, 0.1) is 22.7 Å². The zero-order valence-corrected chi connectivity index (χ0v) is 19.1. The molecule has 5 rings (SSSR count). The Morgan fingerprint density at radius 2 is 1.77 bits per heavy atom. The molecule has 35 heavy (non-hydrogen) atoms. The van der Waals surface area contributed by atoms with Crippen molar-refractivity contribution in [1.82, 2.24) is 14.5 Å². The Balaban J connectivity index is 1.58. The van der Waals surface area contributed by atoms with Crippen molar-refractivity contribution < 1.29 is 4.74 Å². The fraction of sp³-hybridized carbons (Fsp3) is 0.103. The Labute approximate surface area is 203 Å². The number of para-hydroxylation sites is 1. The van der Waals surface area contributed by atoms with Crippen molar-refractivity contribution in [2.45, 2.75) is 12.7 Å². The molecular weight excluding hydrogens is 434 g/mol. The van der Waals surface area contributed by atoms with E-state index >= 15 is 0 Å². The van der Waals surface area contributed by atoms with Gasteiger partial charge in [-0.3, -0.25) is 4.98 Å². The highest BCUT2D eigenvalue weighted by atomic mass is 16.5. The minimum absolute atomic E-state index is 0.356. The predicted molar refractivity (Wildman–Crippen MR) is 133 cm³/mol. The summed E-state index contributed by atoms with van der Waals surface area (Å²) in [5.74, 6) is 0. The van der Waals surface area contributed by atoms with Crippen LogP contribution in [0.2, 0.25) is 0 Å². The van der Waals surface area contributed by atoms with Crippen molar-refractivity contribution in [3.63, 3.8) is 0 Å². The molecule has 2 aromatic heterocycles. The van der Waals surface area contributed by atoms with Crippen molar-refractivity contribution in [2.24, 2.45) is 7.05 Å². The third-order valence-corrected chi connectivity index (χ3v) is 6.03. The number of fused-ring (bicyclic) bond motifs is 1. The van der Waals surface area contributed by atoms with Crippen LogP contribution in [0.5, 0.6) is 0 Å². The topological polar surface area (TPSA) is 87.5 Å². The van der Waals surface area contributed by atoms with Gasteiger partial charge in [0.15, 0.2) is 0 Å². The van der Waals surface area contributed by atoms with Gasteiger partial charge in [0.1, 0.15) is 6.10 Å². The number of ether oxygens (including phenoxy) is 1. The van der Waals surface area contributed by atoms with Gasteiger partial charge in [0.05, 0.1) is 53.6 Å². The van der Waals surface area contributed by atoms with E-state index in [1.165, 1.54) is 0 Å². The molecule has 1 unspecified atom stereocenters. The lowest BCUT2D eigenvalue weighted by atomic mass is 9.93. The van der Waals surface area contributed by atoms with Crippen molar-refractivity contribution in [3.05, 3.63) is 119 Å². The molecule has 0 aliphatic carbocycles. The molecule has 1 atom stereocenters. The molecule has 0 aliphatic rings. The van der Waals surface area contributed by atoms with Gasteiger partial charge < -0.3 is 9.30 Å². The minimum atomic E-state index is -0.405. The number of aryl methyl sites for hydroxylation is 1. The first-order chi connectivity index (χ1) is 17.2. The number of nitriles is 2. The van der Waals surface area contributed by atoms with Crippen LogP contribution in [-0.2, 0) is 18.4 Å². The molecule has 0 radical (unpaired) electrons. The molecule has 6 nitrogen and oxygen atoms in total. The Hall–Kier alpha value is -4.78. The molecular formula is C29H21N5O. The molecule has 5 aromatic rings. The van der Waals surface area contributed by atoms with Gasteiger partial charge in [-0.05, 0) is 53.1 Å². The maximum absolute atomic E-state index is 9.87. The van der Waals surface area contributed by atoms with Crippen LogP contribution in [0.3, 0.4) is 0 Å². The predicted octanol–water partition coefficient (Wildman–Crippen LogP) is 5.68. The second-order valence-electron chi connectivity index (χ2n) is 8.22. The lowest BCUT2D eigenvalue weighted by molar-refractivity contribution is 0.0622. The standard InChI is InChI=1S/C29H21N5O/c1-34-19-32-17-28(34)29(35-18-21-8-6-20(15-30)7-9-21)22-10-11-23(16-31)26(14-22)24-12-13-33-27-5-3-2-4-25(24)27/h2-14,17,19,29H,18H2,1H3. The summed E-state index contributed by atoms with van der Waals surface area (Å²) >= 11 is 0. The summed E-state index contributed by atoms with van der Waals surface area (Å²) in [4.78, 5) is 8.76. The lowest BCUT2D eigenvalue weighted by Crippen LogP contribution is -2.11. The molecule has 0 saturated carbocycles. The Kier molecular flexibility index (Phi) is 6.05. The number of imidazole rings is 1. The minimum Gasteiger partial charge on any atom is -0.363 e. The van der Waals surface area contributed by atoms with Crippen molar-refractivity contribution in [1.29, 1.82) is 10.5 Å². The third-order valence-electron chi connectivity index (χ3n) is 6.03. The van der Waals surface area contributed by atoms with Gasteiger partial charge in [-0.2, -0.15) is 10.5 Å². The van der Waals surface area contributed by atoms with Crippen LogP contribution in [0.15, 0.2) is 91.5 Å². The molecule has 3 aromatic carbocycles. The van der Waals surface area contributed by atoms with Gasteiger partial charge in [0.25, 0.3) is 0 Å². The van der Waals surface area contributed by atoms with Crippen LogP contribution in [0.4, 0.5) is 0 Å². The van der Waals surface area contributed by atoms with Gasteiger partial charge in [-0.15, -0.1) is 0 Å². The van der Waals surface area contributed by atoms with Gasteiger partial charge >= 0.3 is 0 Å². The van der Waals surface area contributed by atoms with Crippen LogP contribution >= 0.6 is 0 Å². The molecule has 6 heteroatoms. The molecule has 0 fully saturated rings. The molecule has 2 heterocycles.